The second-order valence-corrected chi connectivity index (χ2v) is 9.47. The first-order valence-corrected chi connectivity index (χ1v) is 12.0. The Hall–Kier alpha value is -3.47. The minimum atomic E-state index is -4.15. The van der Waals surface area contributed by atoms with Crippen molar-refractivity contribution >= 4 is 44.1 Å². The van der Waals surface area contributed by atoms with Crippen LogP contribution >= 0.6 is 11.6 Å². The summed E-state index contributed by atoms with van der Waals surface area (Å²) in [5.74, 6) is -0.537. The summed E-state index contributed by atoms with van der Waals surface area (Å²) in [5, 5.41) is 13.0. The number of amides is 1. The predicted molar refractivity (Wildman–Crippen MR) is 127 cm³/mol. The molecule has 0 saturated heterocycles. The van der Waals surface area contributed by atoms with Crippen LogP contribution in [0.3, 0.4) is 0 Å². The second kappa shape index (κ2) is 9.41. The number of carbonyl (C=O) groups excluding carboxylic acids is 1. The van der Waals surface area contributed by atoms with Crippen molar-refractivity contribution in [2.24, 2.45) is 5.14 Å². The number of rotatable bonds is 7. The molecule has 11 heteroatoms. The van der Waals surface area contributed by atoms with E-state index < -0.39 is 21.7 Å². The molecule has 1 amide bonds. The fourth-order valence-electron chi connectivity index (χ4n) is 3.54. The van der Waals surface area contributed by atoms with Crippen molar-refractivity contribution < 1.29 is 22.3 Å². The van der Waals surface area contributed by atoms with Crippen molar-refractivity contribution in [1.29, 1.82) is 0 Å². The van der Waals surface area contributed by atoms with Crippen molar-refractivity contribution in [3.63, 3.8) is 0 Å². The summed E-state index contributed by atoms with van der Waals surface area (Å²) in [6.07, 6.45) is 1.32. The number of nitrogens with zero attached hydrogens (tertiary/aromatic N) is 2. The van der Waals surface area contributed by atoms with E-state index in [1.165, 1.54) is 30.1 Å². The Labute approximate surface area is 200 Å². The Morgan fingerprint density at radius 2 is 1.94 bits per heavy atom. The lowest BCUT2D eigenvalue weighted by Gasteiger charge is -2.11. The number of aromatic nitrogens is 2. The number of anilines is 1. The molecular weight excluding hydrogens is 483 g/mol. The Bertz CT molecular complexity index is 1500. The highest BCUT2D eigenvalue weighted by atomic mass is 35.5. The fourth-order valence-corrected chi connectivity index (χ4v) is 4.50. The van der Waals surface area contributed by atoms with E-state index in [-0.39, 0.29) is 28.9 Å². The normalized spacial score (nSPS) is 11.5. The molecule has 0 aliphatic carbocycles. The highest BCUT2D eigenvalue weighted by Crippen LogP contribution is 2.28. The van der Waals surface area contributed by atoms with E-state index in [0.29, 0.717) is 27.4 Å². The molecule has 0 fully saturated rings. The third-order valence-electron chi connectivity index (χ3n) is 5.20. The summed E-state index contributed by atoms with van der Waals surface area (Å²) >= 11 is 6.12. The number of nitrogens with one attached hydrogen (secondary N) is 1. The molecule has 3 N–H and O–H groups in total. The van der Waals surface area contributed by atoms with Gasteiger partial charge in [0.1, 0.15) is 11.6 Å². The minimum absolute atomic E-state index is 0.0143. The van der Waals surface area contributed by atoms with Gasteiger partial charge in [0.25, 0.3) is 0 Å². The third kappa shape index (κ3) is 5.04. The molecule has 176 valence electrons. The van der Waals surface area contributed by atoms with Gasteiger partial charge in [-0.3, -0.25) is 9.48 Å². The van der Waals surface area contributed by atoms with Gasteiger partial charge in [0.2, 0.25) is 15.9 Å². The van der Waals surface area contributed by atoms with Crippen molar-refractivity contribution in [3.05, 3.63) is 82.8 Å². The number of nitrogens with two attached hydrogens (primary N) is 1. The minimum Gasteiger partial charge on any atom is -0.497 e. The van der Waals surface area contributed by atoms with E-state index in [1.54, 1.807) is 42.5 Å². The first kappa shape index (κ1) is 23.7. The van der Waals surface area contributed by atoms with Crippen LogP contribution in [0.4, 0.5) is 10.1 Å². The molecule has 0 radical (unpaired) electrons. The molecule has 34 heavy (non-hydrogen) atoms. The quantitative estimate of drug-likeness (QED) is 0.399. The van der Waals surface area contributed by atoms with Gasteiger partial charge in [-0.1, -0.05) is 35.9 Å². The van der Waals surface area contributed by atoms with Crippen LogP contribution in [0.15, 0.2) is 65.7 Å². The molecule has 1 heterocycles. The molecule has 4 aromatic rings. The Balaban J connectivity index is 1.71. The van der Waals surface area contributed by atoms with Crippen LogP contribution in [-0.4, -0.2) is 31.2 Å². The maximum atomic E-state index is 14.5. The molecule has 8 nitrogen and oxygen atoms in total. The number of primary sulfonamides is 1. The SMILES string of the molecule is COc1ccc(Cn2ncc3c(S(N)(=O)=O)cc(NC(=O)Cc4ccccc4Cl)cc32)c(F)c1. The monoisotopic (exact) mass is 502 g/mol. The van der Waals surface area contributed by atoms with Crippen LogP contribution in [0.1, 0.15) is 11.1 Å². The van der Waals surface area contributed by atoms with Gasteiger partial charge in [-0.25, -0.2) is 17.9 Å². The highest BCUT2D eigenvalue weighted by molar-refractivity contribution is 7.89. The Morgan fingerprint density at radius 3 is 2.62 bits per heavy atom. The van der Waals surface area contributed by atoms with Crippen LogP contribution in [0, 0.1) is 5.82 Å². The van der Waals surface area contributed by atoms with Crippen molar-refractivity contribution in [1.82, 2.24) is 9.78 Å². The second-order valence-electron chi connectivity index (χ2n) is 7.53. The van der Waals surface area contributed by atoms with E-state index in [9.17, 15) is 17.6 Å². The molecule has 0 spiro atoms. The van der Waals surface area contributed by atoms with E-state index in [0.717, 1.165) is 0 Å². The zero-order chi connectivity index (χ0) is 24.5. The number of sulfonamides is 1. The number of hydrogen-bond acceptors (Lipinski definition) is 5. The number of carbonyl (C=O) groups is 1. The maximum absolute atomic E-state index is 14.5. The number of methoxy groups -OCH3 is 1. The summed E-state index contributed by atoms with van der Waals surface area (Å²) < 4.78 is 45.4. The average molecular weight is 503 g/mol. The van der Waals surface area contributed by atoms with Gasteiger partial charge in [-0.05, 0) is 29.8 Å². The van der Waals surface area contributed by atoms with Gasteiger partial charge >= 0.3 is 0 Å². The van der Waals surface area contributed by atoms with Crippen molar-refractivity contribution in [2.45, 2.75) is 17.9 Å². The molecule has 3 aromatic carbocycles. The van der Waals surface area contributed by atoms with Crippen LogP contribution in [-0.2, 0) is 27.8 Å². The summed E-state index contributed by atoms with van der Waals surface area (Å²) in [5.41, 5.74) is 1.49. The number of ether oxygens (including phenoxy) is 1. The molecule has 0 saturated carbocycles. The van der Waals surface area contributed by atoms with E-state index in [2.05, 4.69) is 10.4 Å². The summed E-state index contributed by atoms with van der Waals surface area (Å²) in [6.45, 7) is 0.0143. The van der Waals surface area contributed by atoms with Gasteiger partial charge in [0, 0.05) is 27.7 Å². The highest BCUT2D eigenvalue weighted by Gasteiger charge is 2.19. The smallest absolute Gasteiger partial charge is 0.238 e. The maximum Gasteiger partial charge on any atom is 0.238 e. The van der Waals surface area contributed by atoms with Crippen LogP contribution in [0.5, 0.6) is 5.75 Å². The molecule has 0 bridgehead atoms. The van der Waals surface area contributed by atoms with Crippen LogP contribution < -0.4 is 15.2 Å². The summed E-state index contributed by atoms with van der Waals surface area (Å²) in [6, 6.07) is 14.1. The lowest BCUT2D eigenvalue weighted by Crippen LogP contribution is -2.17. The predicted octanol–water partition coefficient (Wildman–Crippen LogP) is 3.71. The molecule has 0 atom stereocenters. The lowest BCUT2D eigenvalue weighted by atomic mass is 10.1. The number of halogens is 2. The zero-order valence-corrected chi connectivity index (χ0v) is 19.5. The largest absolute Gasteiger partial charge is 0.497 e. The topological polar surface area (TPSA) is 116 Å². The Kier molecular flexibility index (Phi) is 6.56. The van der Waals surface area contributed by atoms with E-state index in [1.807, 2.05) is 0 Å². The Morgan fingerprint density at radius 1 is 1.18 bits per heavy atom. The van der Waals surface area contributed by atoms with Gasteiger partial charge in [-0.2, -0.15) is 5.10 Å². The van der Waals surface area contributed by atoms with Crippen LogP contribution in [0.2, 0.25) is 5.02 Å². The van der Waals surface area contributed by atoms with Gasteiger partial charge < -0.3 is 10.1 Å². The molecule has 4 rings (SSSR count). The zero-order valence-electron chi connectivity index (χ0n) is 18.0. The molecular formula is C23H20ClFN4O4S. The number of hydrogen-bond donors (Lipinski definition) is 2. The molecule has 1 aromatic heterocycles. The number of benzene rings is 3. The standard InChI is InChI=1S/C23H20ClFN4O4S/c1-33-17-7-6-15(20(25)11-17)13-29-21-9-16(10-22(34(26,31)32)18(21)12-27-29)28-23(30)8-14-4-2-3-5-19(14)24/h2-7,9-12H,8,13H2,1H3,(H,28,30)(H2,26,31,32). The van der Waals surface area contributed by atoms with Crippen molar-refractivity contribution in [2.75, 3.05) is 12.4 Å². The van der Waals surface area contributed by atoms with Crippen LogP contribution in [0.25, 0.3) is 10.9 Å². The first-order chi connectivity index (χ1) is 16.2. The third-order valence-corrected chi connectivity index (χ3v) is 6.52. The first-order valence-electron chi connectivity index (χ1n) is 10.0. The average Bonchev–Trinajstić information content (AvgIpc) is 3.18. The summed E-state index contributed by atoms with van der Waals surface area (Å²) in [7, 11) is -2.71. The fraction of sp³-hybridized carbons (Fsp3) is 0.130. The van der Waals surface area contributed by atoms with E-state index >= 15 is 0 Å². The lowest BCUT2D eigenvalue weighted by molar-refractivity contribution is -0.115. The summed E-state index contributed by atoms with van der Waals surface area (Å²) in [4.78, 5) is 12.4. The molecule has 0 aliphatic heterocycles. The van der Waals surface area contributed by atoms with Gasteiger partial charge in [0.15, 0.2) is 0 Å². The van der Waals surface area contributed by atoms with Gasteiger partial charge in [-0.15, -0.1) is 0 Å². The van der Waals surface area contributed by atoms with Crippen molar-refractivity contribution in [3.8, 4) is 5.75 Å². The van der Waals surface area contributed by atoms with E-state index in [4.69, 9.17) is 21.5 Å². The molecule has 0 unspecified atom stereocenters. The molecule has 0 aliphatic rings. The van der Waals surface area contributed by atoms with Gasteiger partial charge in [0.05, 0.1) is 36.7 Å². The number of fused-ring (bicyclic) bond motifs is 1.